The average molecular weight is 384 g/mol. The lowest BCUT2D eigenvalue weighted by Crippen LogP contribution is -2.14. The molecule has 0 unspecified atom stereocenters. The van der Waals surface area contributed by atoms with Crippen LogP contribution >= 0.6 is 0 Å². The molecule has 3 aliphatic rings. The van der Waals surface area contributed by atoms with Crippen molar-refractivity contribution in [2.24, 2.45) is 11.8 Å². The van der Waals surface area contributed by atoms with E-state index in [1.807, 2.05) is 19.1 Å². The van der Waals surface area contributed by atoms with E-state index in [9.17, 15) is 0 Å². The van der Waals surface area contributed by atoms with Gasteiger partial charge in [0.25, 0.3) is 0 Å². The molecule has 3 heterocycles. The normalized spacial score (nSPS) is 27.7. The molecule has 0 bridgehead atoms. The Labute approximate surface area is 164 Å². The SMILES string of the molecule is COc1cc([C@H]2OC[C@H]3[C@@H]2CO[C@@H]3c2ccc3c(c2)OCO3)cc(OC)c1C. The summed E-state index contributed by atoms with van der Waals surface area (Å²) < 4.78 is 34.5. The molecular weight excluding hydrogens is 360 g/mol. The standard InChI is InChI=1S/C22H24O6/c1-12-18(23-2)7-14(8-19(12)24-3)22-16-10-25-21(15(16)9-26-22)13-4-5-17-20(6-13)28-11-27-17/h4-8,15-16,21-22H,9-11H2,1-3H3/t15-,16-,21+,22+/m0/s1. The first-order valence-corrected chi connectivity index (χ1v) is 9.55. The Morgan fingerprint density at radius 1 is 0.786 bits per heavy atom. The second-order valence-electron chi connectivity index (χ2n) is 7.50. The number of ether oxygens (including phenoxy) is 6. The van der Waals surface area contributed by atoms with E-state index in [0.29, 0.717) is 19.1 Å². The van der Waals surface area contributed by atoms with E-state index in [2.05, 4.69) is 18.2 Å². The smallest absolute Gasteiger partial charge is 0.231 e. The molecule has 0 saturated carbocycles. The van der Waals surface area contributed by atoms with Crippen molar-refractivity contribution in [2.45, 2.75) is 19.1 Å². The third-order valence-corrected chi connectivity index (χ3v) is 6.09. The quantitative estimate of drug-likeness (QED) is 0.799. The maximum atomic E-state index is 6.24. The van der Waals surface area contributed by atoms with Crippen LogP contribution in [-0.2, 0) is 9.47 Å². The van der Waals surface area contributed by atoms with Gasteiger partial charge in [-0.2, -0.15) is 0 Å². The van der Waals surface area contributed by atoms with Gasteiger partial charge in [0.15, 0.2) is 11.5 Å². The van der Waals surface area contributed by atoms with Crippen molar-refractivity contribution in [3.05, 3.63) is 47.0 Å². The number of methoxy groups -OCH3 is 2. The maximum absolute atomic E-state index is 6.24. The monoisotopic (exact) mass is 384 g/mol. The van der Waals surface area contributed by atoms with E-state index < -0.39 is 0 Å². The highest BCUT2D eigenvalue weighted by Gasteiger charge is 2.48. The van der Waals surface area contributed by atoms with Crippen molar-refractivity contribution < 1.29 is 28.4 Å². The highest BCUT2D eigenvalue weighted by atomic mass is 16.7. The van der Waals surface area contributed by atoms with Crippen LogP contribution in [0.1, 0.15) is 28.9 Å². The zero-order valence-corrected chi connectivity index (χ0v) is 16.3. The maximum Gasteiger partial charge on any atom is 0.231 e. The molecule has 2 fully saturated rings. The summed E-state index contributed by atoms with van der Waals surface area (Å²) in [5.74, 6) is 3.78. The third-order valence-electron chi connectivity index (χ3n) is 6.09. The summed E-state index contributed by atoms with van der Waals surface area (Å²) in [6, 6.07) is 10.2. The summed E-state index contributed by atoms with van der Waals surface area (Å²) in [7, 11) is 3.36. The van der Waals surface area contributed by atoms with Gasteiger partial charge in [-0.1, -0.05) is 6.07 Å². The van der Waals surface area contributed by atoms with E-state index in [-0.39, 0.29) is 24.9 Å². The Kier molecular flexibility index (Phi) is 4.33. The summed E-state index contributed by atoms with van der Waals surface area (Å²) in [5.41, 5.74) is 3.17. The van der Waals surface area contributed by atoms with Gasteiger partial charge >= 0.3 is 0 Å². The molecule has 2 aromatic rings. The summed E-state index contributed by atoms with van der Waals surface area (Å²) in [6.07, 6.45) is -0.0360. The van der Waals surface area contributed by atoms with Crippen molar-refractivity contribution in [1.29, 1.82) is 0 Å². The van der Waals surface area contributed by atoms with Gasteiger partial charge in [-0.05, 0) is 42.3 Å². The van der Waals surface area contributed by atoms with Gasteiger partial charge in [0.2, 0.25) is 6.79 Å². The highest BCUT2D eigenvalue weighted by molar-refractivity contribution is 5.48. The molecule has 0 N–H and O–H groups in total. The van der Waals surface area contributed by atoms with Gasteiger partial charge in [-0.25, -0.2) is 0 Å². The molecule has 0 amide bonds. The van der Waals surface area contributed by atoms with Crippen molar-refractivity contribution in [3.63, 3.8) is 0 Å². The minimum Gasteiger partial charge on any atom is -0.496 e. The van der Waals surface area contributed by atoms with E-state index >= 15 is 0 Å². The molecule has 2 saturated heterocycles. The van der Waals surface area contributed by atoms with Crippen molar-refractivity contribution in [3.8, 4) is 23.0 Å². The van der Waals surface area contributed by atoms with E-state index in [4.69, 9.17) is 28.4 Å². The predicted octanol–water partition coefficient (Wildman–Crippen LogP) is 3.82. The topological polar surface area (TPSA) is 55.4 Å². The van der Waals surface area contributed by atoms with E-state index in [0.717, 1.165) is 39.7 Å². The average Bonchev–Trinajstić information content (AvgIpc) is 3.43. The molecule has 5 rings (SSSR count). The lowest BCUT2D eigenvalue weighted by molar-refractivity contribution is 0.0191. The number of rotatable bonds is 4. The fourth-order valence-corrected chi connectivity index (χ4v) is 4.60. The summed E-state index contributed by atoms with van der Waals surface area (Å²) in [5, 5.41) is 0. The largest absolute Gasteiger partial charge is 0.496 e. The molecule has 28 heavy (non-hydrogen) atoms. The van der Waals surface area contributed by atoms with Crippen LogP contribution in [0.15, 0.2) is 30.3 Å². The molecular formula is C22H24O6. The molecule has 0 aliphatic carbocycles. The Morgan fingerprint density at radius 3 is 2.04 bits per heavy atom. The number of hydrogen-bond acceptors (Lipinski definition) is 6. The van der Waals surface area contributed by atoms with Crippen LogP contribution < -0.4 is 18.9 Å². The van der Waals surface area contributed by atoms with Crippen LogP contribution in [-0.4, -0.2) is 34.2 Å². The van der Waals surface area contributed by atoms with Gasteiger partial charge in [-0.15, -0.1) is 0 Å². The van der Waals surface area contributed by atoms with Crippen LogP contribution in [0.3, 0.4) is 0 Å². The van der Waals surface area contributed by atoms with Crippen LogP contribution in [0.5, 0.6) is 23.0 Å². The summed E-state index contributed by atoms with van der Waals surface area (Å²) in [6.45, 7) is 3.59. The van der Waals surface area contributed by atoms with Crippen LogP contribution in [0.25, 0.3) is 0 Å². The van der Waals surface area contributed by atoms with Crippen molar-refractivity contribution >= 4 is 0 Å². The highest BCUT2D eigenvalue weighted by Crippen LogP contribution is 2.52. The van der Waals surface area contributed by atoms with Crippen LogP contribution in [0.2, 0.25) is 0 Å². The lowest BCUT2D eigenvalue weighted by atomic mass is 9.84. The number of hydrogen-bond donors (Lipinski definition) is 0. The third kappa shape index (κ3) is 2.71. The first-order chi connectivity index (χ1) is 13.7. The first kappa shape index (κ1) is 17.6. The van der Waals surface area contributed by atoms with Gasteiger partial charge in [-0.3, -0.25) is 0 Å². The summed E-state index contributed by atoms with van der Waals surface area (Å²) >= 11 is 0. The van der Waals surface area contributed by atoms with Gasteiger partial charge < -0.3 is 28.4 Å². The molecule has 148 valence electrons. The minimum absolute atomic E-state index is 0.00117. The lowest BCUT2D eigenvalue weighted by Gasteiger charge is -2.19. The molecule has 3 aliphatic heterocycles. The Bertz CT molecular complexity index is 870. The molecule has 6 heteroatoms. The molecule has 6 nitrogen and oxygen atoms in total. The fourth-order valence-electron chi connectivity index (χ4n) is 4.60. The van der Waals surface area contributed by atoms with Gasteiger partial charge in [0, 0.05) is 17.4 Å². The minimum atomic E-state index is -0.0348. The zero-order valence-electron chi connectivity index (χ0n) is 16.3. The number of benzene rings is 2. The molecule has 0 radical (unpaired) electrons. The Balaban J connectivity index is 1.42. The Morgan fingerprint density at radius 2 is 1.39 bits per heavy atom. The van der Waals surface area contributed by atoms with E-state index in [1.165, 1.54) is 0 Å². The molecule has 4 atom stereocenters. The fraction of sp³-hybridized carbons (Fsp3) is 0.455. The van der Waals surface area contributed by atoms with Crippen molar-refractivity contribution in [1.82, 2.24) is 0 Å². The van der Waals surface area contributed by atoms with Gasteiger partial charge in [0.1, 0.15) is 11.5 Å². The van der Waals surface area contributed by atoms with Gasteiger partial charge in [0.05, 0.1) is 39.6 Å². The molecule has 0 spiro atoms. The Hall–Kier alpha value is -2.44. The summed E-state index contributed by atoms with van der Waals surface area (Å²) in [4.78, 5) is 0. The van der Waals surface area contributed by atoms with Crippen molar-refractivity contribution in [2.75, 3.05) is 34.2 Å². The first-order valence-electron chi connectivity index (χ1n) is 9.55. The molecule has 0 aromatic heterocycles. The second kappa shape index (κ2) is 6.87. The zero-order chi connectivity index (χ0) is 19.3. The number of fused-ring (bicyclic) bond motifs is 2. The van der Waals surface area contributed by atoms with E-state index in [1.54, 1.807) is 14.2 Å². The van der Waals surface area contributed by atoms with Crippen LogP contribution in [0.4, 0.5) is 0 Å². The van der Waals surface area contributed by atoms with Crippen LogP contribution in [0, 0.1) is 18.8 Å². The molecule has 2 aromatic carbocycles. The predicted molar refractivity (Wildman–Crippen MR) is 101 cm³/mol. The second-order valence-corrected chi connectivity index (χ2v) is 7.50.